The van der Waals surface area contributed by atoms with E-state index in [1.807, 2.05) is 21.1 Å². The lowest BCUT2D eigenvalue weighted by Crippen LogP contribution is -2.37. The highest BCUT2D eigenvalue weighted by molar-refractivity contribution is 7.45. The summed E-state index contributed by atoms with van der Waals surface area (Å²) in [5, 5.41) is 0. The molecule has 0 aliphatic rings. The van der Waals surface area contributed by atoms with Gasteiger partial charge in [-0.1, -0.05) is 154 Å². The summed E-state index contributed by atoms with van der Waals surface area (Å²) in [7, 11) is 1.16. The van der Waals surface area contributed by atoms with Crippen LogP contribution in [0.1, 0.15) is 194 Å². The highest BCUT2D eigenvalue weighted by atomic mass is 31.2. The minimum atomic E-state index is -4.62. The molecular weight excluding hydrogens is 677 g/mol. The third kappa shape index (κ3) is 38.5. The molecule has 0 rings (SSSR count). The standard InChI is InChI=1S/C42H82NO8P/c1-6-8-10-12-14-16-18-20-21-23-24-26-28-30-32-34-41(44)48-38-40(39-50-52(46,47)49-37-36-43(3,4)5)51-42(45)35-33-31-29-27-25-22-19-17-15-13-11-9-7-2/h24,26,40H,6-23,25,27-39H2,1-5H3/b26-24+/t40-/m1/s1. The van der Waals surface area contributed by atoms with Gasteiger partial charge < -0.3 is 27.9 Å². The normalized spacial score (nSPS) is 13.7. The summed E-state index contributed by atoms with van der Waals surface area (Å²) >= 11 is 0. The lowest BCUT2D eigenvalue weighted by molar-refractivity contribution is -0.870. The van der Waals surface area contributed by atoms with E-state index in [2.05, 4.69) is 26.0 Å². The molecule has 0 aromatic carbocycles. The first-order chi connectivity index (χ1) is 25.0. The quantitative estimate of drug-likeness (QED) is 0.0200. The molecule has 0 aromatic rings. The van der Waals surface area contributed by atoms with Crippen molar-refractivity contribution in [2.24, 2.45) is 0 Å². The number of phosphoric acid groups is 1. The Balaban J connectivity index is 4.38. The van der Waals surface area contributed by atoms with E-state index >= 15 is 0 Å². The van der Waals surface area contributed by atoms with Crippen molar-refractivity contribution in [3.63, 3.8) is 0 Å². The van der Waals surface area contributed by atoms with Gasteiger partial charge in [0.25, 0.3) is 7.82 Å². The number of esters is 2. The average molecular weight is 760 g/mol. The van der Waals surface area contributed by atoms with Crippen molar-refractivity contribution in [3.8, 4) is 0 Å². The minimum Gasteiger partial charge on any atom is -0.756 e. The lowest BCUT2D eigenvalue weighted by Gasteiger charge is -2.28. The summed E-state index contributed by atoms with van der Waals surface area (Å²) in [5.74, 6) is -0.852. The largest absolute Gasteiger partial charge is 0.756 e. The minimum absolute atomic E-state index is 0.0305. The van der Waals surface area contributed by atoms with Crippen molar-refractivity contribution in [1.82, 2.24) is 0 Å². The van der Waals surface area contributed by atoms with E-state index in [-0.39, 0.29) is 26.1 Å². The van der Waals surface area contributed by atoms with Crippen LogP contribution >= 0.6 is 7.82 Å². The maximum Gasteiger partial charge on any atom is 0.306 e. The molecule has 0 heterocycles. The highest BCUT2D eigenvalue weighted by Crippen LogP contribution is 2.38. The molecule has 0 aliphatic carbocycles. The number of phosphoric ester groups is 1. The van der Waals surface area contributed by atoms with Crippen LogP contribution in [0.3, 0.4) is 0 Å². The van der Waals surface area contributed by atoms with Crippen LogP contribution in [-0.2, 0) is 32.7 Å². The van der Waals surface area contributed by atoms with Gasteiger partial charge in [-0.15, -0.1) is 0 Å². The number of hydrogen-bond acceptors (Lipinski definition) is 8. The van der Waals surface area contributed by atoms with E-state index in [0.717, 1.165) is 32.1 Å². The second-order valence-corrected chi connectivity index (χ2v) is 17.1. The van der Waals surface area contributed by atoms with Crippen LogP contribution in [0.25, 0.3) is 0 Å². The van der Waals surface area contributed by atoms with Crippen molar-refractivity contribution in [3.05, 3.63) is 12.2 Å². The Morgan fingerprint density at radius 3 is 1.46 bits per heavy atom. The molecule has 0 amide bonds. The van der Waals surface area contributed by atoms with Crippen LogP contribution < -0.4 is 4.89 Å². The van der Waals surface area contributed by atoms with Gasteiger partial charge in [0.05, 0.1) is 27.7 Å². The molecule has 0 fully saturated rings. The Labute approximate surface area is 320 Å². The van der Waals surface area contributed by atoms with Crippen molar-refractivity contribution in [2.75, 3.05) is 47.5 Å². The number of carbonyl (C=O) groups is 2. The second-order valence-electron chi connectivity index (χ2n) is 15.7. The fraction of sp³-hybridized carbons (Fsp3) is 0.905. The molecule has 0 saturated carbocycles. The number of likely N-dealkylation sites (N-methyl/N-ethyl adjacent to an activating group) is 1. The van der Waals surface area contributed by atoms with E-state index in [1.165, 1.54) is 122 Å². The molecule has 10 heteroatoms. The fourth-order valence-electron chi connectivity index (χ4n) is 5.88. The van der Waals surface area contributed by atoms with Gasteiger partial charge in [-0.3, -0.25) is 14.2 Å². The Bertz CT molecular complexity index is 907. The number of hydrogen-bond donors (Lipinski definition) is 0. The molecule has 0 aromatic heterocycles. The zero-order valence-corrected chi connectivity index (χ0v) is 35.4. The van der Waals surface area contributed by atoms with Crippen molar-refractivity contribution < 1.29 is 42.1 Å². The van der Waals surface area contributed by atoms with E-state index in [4.69, 9.17) is 18.5 Å². The highest BCUT2D eigenvalue weighted by Gasteiger charge is 2.21. The van der Waals surface area contributed by atoms with E-state index in [0.29, 0.717) is 23.9 Å². The molecule has 9 nitrogen and oxygen atoms in total. The Morgan fingerprint density at radius 2 is 0.981 bits per heavy atom. The topological polar surface area (TPSA) is 111 Å². The monoisotopic (exact) mass is 760 g/mol. The van der Waals surface area contributed by atoms with Crippen molar-refractivity contribution in [1.29, 1.82) is 0 Å². The van der Waals surface area contributed by atoms with Crippen LogP contribution in [0.2, 0.25) is 0 Å². The van der Waals surface area contributed by atoms with Gasteiger partial charge in [0.2, 0.25) is 0 Å². The lowest BCUT2D eigenvalue weighted by atomic mass is 10.0. The van der Waals surface area contributed by atoms with E-state index in [9.17, 15) is 19.0 Å². The van der Waals surface area contributed by atoms with Crippen LogP contribution in [-0.4, -0.2) is 70.0 Å². The van der Waals surface area contributed by atoms with Gasteiger partial charge in [0.1, 0.15) is 19.8 Å². The smallest absolute Gasteiger partial charge is 0.306 e. The van der Waals surface area contributed by atoms with Crippen molar-refractivity contribution in [2.45, 2.75) is 200 Å². The first-order valence-electron chi connectivity index (χ1n) is 21.4. The van der Waals surface area contributed by atoms with Gasteiger partial charge in [0, 0.05) is 12.8 Å². The Morgan fingerprint density at radius 1 is 0.577 bits per heavy atom. The maximum atomic E-state index is 12.6. The Hall–Kier alpha value is -1.25. The number of ether oxygens (including phenoxy) is 2. The number of unbranched alkanes of at least 4 members (excludes halogenated alkanes) is 23. The van der Waals surface area contributed by atoms with Gasteiger partial charge in [0.15, 0.2) is 6.10 Å². The molecule has 1 unspecified atom stereocenters. The SMILES string of the molecule is CCCCCCCCCCC/C=C/CCCCC(=O)OC[C@H](COP(=O)([O-])OCC[N+](C)(C)C)OC(=O)CCCCCCCCCCCCCCC. The molecule has 0 saturated heterocycles. The van der Waals surface area contributed by atoms with Gasteiger partial charge in [-0.05, 0) is 38.5 Å². The summed E-state index contributed by atoms with van der Waals surface area (Å²) in [4.78, 5) is 37.4. The summed E-state index contributed by atoms with van der Waals surface area (Å²) in [6.45, 7) is 4.21. The zero-order valence-electron chi connectivity index (χ0n) is 34.5. The Kier molecular flexibility index (Phi) is 34.6. The van der Waals surface area contributed by atoms with E-state index < -0.39 is 32.5 Å². The second kappa shape index (κ2) is 35.5. The molecule has 52 heavy (non-hydrogen) atoms. The predicted molar refractivity (Wildman–Crippen MR) is 213 cm³/mol. The first-order valence-corrected chi connectivity index (χ1v) is 22.9. The van der Waals surface area contributed by atoms with Crippen LogP contribution in [0, 0.1) is 0 Å². The summed E-state index contributed by atoms with van der Waals surface area (Å²) in [6.07, 6.45) is 35.2. The molecule has 0 N–H and O–H groups in total. The average Bonchev–Trinajstić information content (AvgIpc) is 3.09. The third-order valence-corrected chi connectivity index (χ3v) is 10.2. The molecular formula is C42H82NO8P. The van der Waals surface area contributed by atoms with Crippen LogP contribution in [0.15, 0.2) is 12.2 Å². The zero-order chi connectivity index (χ0) is 38.6. The third-order valence-electron chi connectivity index (χ3n) is 9.29. The molecule has 0 bridgehead atoms. The number of allylic oxidation sites excluding steroid dienone is 2. The molecule has 2 atom stereocenters. The van der Waals surface area contributed by atoms with Crippen LogP contribution in [0.5, 0.6) is 0 Å². The molecule has 0 spiro atoms. The predicted octanol–water partition coefficient (Wildman–Crippen LogP) is 11.2. The number of quaternary nitrogens is 1. The van der Waals surface area contributed by atoms with E-state index in [1.54, 1.807) is 0 Å². The molecule has 0 aliphatic heterocycles. The van der Waals surface area contributed by atoms with Gasteiger partial charge in [-0.25, -0.2) is 0 Å². The molecule has 0 radical (unpaired) electrons. The number of rotatable bonds is 39. The summed E-state index contributed by atoms with van der Waals surface area (Å²) in [6, 6.07) is 0. The first kappa shape index (κ1) is 50.8. The fourth-order valence-corrected chi connectivity index (χ4v) is 6.61. The van der Waals surface area contributed by atoms with Crippen molar-refractivity contribution >= 4 is 19.8 Å². The molecule has 308 valence electrons. The maximum absolute atomic E-state index is 12.6. The van der Waals surface area contributed by atoms with Gasteiger partial charge in [-0.2, -0.15) is 0 Å². The van der Waals surface area contributed by atoms with Gasteiger partial charge >= 0.3 is 11.9 Å². The van der Waals surface area contributed by atoms with Crippen LogP contribution in [0.4, 0.5) is 0 Å². The summed E-state index contributed by atoms with van der Waals surface area (Å²) < 4.78 is 33.8. The number of carbonyl (C=O) groups excluding carboxylic acids is 2. The summed E-state index contributed by atoms with van der Waals surface area (Å²) in [5.41, 5.74) is 0. The number of nitrogens with zero attached hydrogens (tertiary/aromatic N) is 1.